The standard InChI is InChI=1S/C29H37N7O2/c1-21(34(5)28(37)38-29(2,3)4)24-12-11-23(19-25(24)33-27(30)26-20-31-13-14-32-26)36-17-15-35(16-18-36)22-9-7-6-8-10-22/h6-14,19-21H,15-18H2,1-5H3,(H2,30,33). The number of piperazine rings is 1. The summed E-state index contributed by atoms with van der Waals surface area (Å²) in [6, 6.07) is 16.3. The number of hydrogen-bond acceptors (Lipinski definition) is 7. The maximum atomic E-state index is 12.8. The van der Waals surface area contributed by atoms with E-state index in [9.17, 15) is 4.79 Å². The van der Waals surface area contributed by atoms with Gasteiger partial charge in [-0.25, -0.2) is 14.8 Å². The van der Waals surface area contributed by atoms with Crippen molar-refractivity contribution >= 4 is 29.0 Å². The number of amides is 1. The van der Waals surface area contributed by atoms with Gasteiger partial charge in [0.15, 0.2) is 5.84 Å². The van der Waals surface area contributed by atoms with E-state index in [-0.39, 0.29) is 11.9 Å². The first kappa shape index (κ1) is 26.9. The Hall–Kier alpha value is -4.14. The fraction of sp³-hybridized carbons (Fsp3) is 0.379. The predicted molar refractivity (Wildman–Crippen MR) is 152 cm³/mol. The lowest BCUT2D eigenvalue weighted by atomic mass is 10.0. The summed E-state index contributed by atoms with van der Waals surface area (Å²) >= 11 is 0. The van der Waals surface area contributed by atoms with Gasteiger partial charge in [-0.15, -0.1) is 0 Å². The zero-order valence-electron chi connectivity index (χ0n) is 22.8. The Bertz CT molecular complexity index is 1250. The molecule has 0 saturated carbocycles. The molecule has 1 fully saturated rings. The SMILES string of the molecule is CC(c1ccc(N2CCN(c3ccccc3)CC2)cc1N=C(N)c1cnccn1)N(C)C(=O)OC(C)(C)C. The van der Waals surface area contributed by atoms with E-state index in [0.29, 0.717) is 11.4 Å². The number of ether oxygens (including phenoxy) is 1. The summed E-state index contributed by atoms with van der Waals surface area (Å²) in [7, 11) is 1.73. The van der Waals surface area contributed by atoms with Gasteiger partial charge in [-0.3, -0.25) is 4.98 Å². The van der Waals surface area contributed by atoms with E-state index in [1.807, 2.05) is 45.9 Å². The third kappa shape index (κ3) is 6.59. The number of anilines is 2. The van der Waals surface area contributed by atoms with Gasteiger partial charge in [0.25, 0.3) is 0 Å². The van der Waals surface area contributed by atoms with Crippen molar-refractivity contribution in [3.63, 3.8) is 0 Å². The summed E-state index contributed by atoms with van der Waals surface area (Å²) in [6.07, 6.45) is 4.36. The van der Waals surface area contributed by atoms with Gasteiger partial charge in [-0.2, -0.15) is 0 Å². The number of carbonyl (C=O) groups is 1. The molecule has 38 heavy (non-hydrogen) atoms. The number of amidine groups is 1. The Labute approximate surface area is 225 Å². The van der Waals surface area contributed by atoms with E-state index in [1.54, 1.807) is 30.5 Å². The van der Waals surface area contributed by atoms with Crippen LogP contribution in [0.5, 0.6) is 0 Å². The van der Waals surface area contributed by atoms with Crippen LogP contribution in [0.25, 0.3) is 0 Å². The lowest BCUT2D eigenvalue weighted by Gasteiger charge is -2.37. The summed E-state index contributed by atoms with van der Waals surface area (Å²) in [5.41, 5.74) is 10.1. The average molecular weight is 516 g/mol. The van der Waals surface area contributed by atoms with Gasteiger partial charge in [0.05, 0.1) is 17.9 Å². The highest BCUT2D eigenvalue weighted by Crippen LogP contribution is 2.34. The zero-order valence-corrected chi connectivity index (χ0v) is 22.8. The second kappa shape index (κ2) is 11.5. The Morgan fingerprint density at radius 2 is 1.68 bits per heavy atom. The fourth-order valence-electron chi connectivity index (χ4n) is 4.36. The first-order valence-electron chi connectivity index (χ1n) is 12.9. The molecule has 1 saturated heterocycles. The maximum absolute atomic E-state index is 12.8. The van der Waals surface area contributed by atoms with Crippen molar-refractivity contribution in [1.29, 1.82) is 0 Å². The van der Waals surface area contributed by atoms with Gasteiger partial charge in [-0.05, 0) is 52.0 Å². The van der Waals surface area contributed by atoms with Gasteiger partial charge < -0.3 is 25.2 Å². The molecule has 1 aliphatic rings. The third-order valence-corrected chi connectivity index (χ3v) is 6.56. The van der Waals surface area contributed by atoms with Crippen molar-refractivity contribution in [2.75, 3.05) is 43.0 Å². The summed E-state index contributed by atoms with van der Waals surface area (Å²) in [5.74, 6) is 0.262. The molecule has 1 aromatic heterocycles. The van der Waals surface area contributed by atoms with Crippen LogP contribution in [-0.2, 0) is 4.74 Å². The fourth-order valence-corrected chi connectivity index (χ4v) is 4.36. The lowest BCUT2D eigenvalue weighted by molar-refractivity contribution is 0.0234. The van der Waals surface area contributed by atoms with E-state index in [1.165, 1.54) is 5.69 Å². The molecule has 0 bridgehead atoms. The first-order valence-corrected chi connectivity index (χ1v) is 12.9. The Balaban J connectivity index is 1.62. The van der Waals surface area contributed by atoms with Crippen LogP contribution in [0.4, 0.5) is 21.9 Å². The summed E-state index contributed by atoms with van der Waals surface area (Å²) in [4.78, 5) is 32.3. The highest BCUT2D eigenvalue weighted by Gasteiger charge is 2.26. The molecular weight excluding hydrogens is 478 g/mol. The molecule has 200 valence electrons. The topological polar surface area (TPSA) is 100 Å². The molecule has 1 aliphatic heterocycles. The normalized spacial score (nSPS) is 15.2. The van der Waals surface area contributed by atoms with Crippen molar-refractivity contribution in [3.05, 3.63) is 78.4 Å². The Morgan fingerprint density at radius 1 is 1.03 bits per heavy atom. The molecule has 3 aromatic rings. The number of benzene rings is 2. The van der Waals surface area contributed by atoms with E-state index >= 15 is 0 Å². The van der Waals surface area contributed by atoms with E-state index in [4.69, 9.17) is 15.5 Å². The molecule has 2 N–H and O–H groups in total. The molecule has 1 unspecified atom stereocenters. The van der Waals surface area contributed by atoms with Crippen molar-refractivity contribution in [1.82, 2.24) is 14.9 Å². The maximum Gasteiger partial charge on any atom is 0.410 e. The van der Waals surface area contributed by atoms with E-state index in [2.05, 4.69) is 50.1 Å². The monoisotopic (exact) mass is 515 g/mol. The molecule has 0 aliphatic carbocycles. The predicted octanol–water partition coefficient (Wildman–Crippen LogP) is 4.77. The first-order chi connectivity index (χ1) is 18.1. The van der Waals surface area contributed by atoms with Crippen molar-refractivity contribution in [2.45, 2.75) is 39.3 Å². The van der Waals surface area contributed by atoms with Gasteiger partial charge in [0.1, 0.15) is 11.3 Å². The largest absolute Gasteiger partial charge is 0.444 e. The van der Waals surface area contributed by atoms with Crippen LogP contribution in [0.2, 0.25) is 0 Å². The van der Waals surface area contributed by atoms with Crippen LogP contribution < -0.4 is 15.5 Å². The Morgan fingerprint density at radius 3 is 2.29 bits per heavy atom. The smallest absolute Gasteiger partial charge is 0.410 e. The molecule has 2 aromatic carbocycles. The van der Waals surface area contributed by atoms with Gasteiger partial charge in [-0.1, -0.05) is 24.3 Å². The van der Waals surface area contributed by atoms with Crippen LogP contribution in [0, 0.1) is 0 Å². The van der Waals surface area contributed by atoms with Crippen LogP contribution in [0.1, 0.15) is 45.0 Å². The Kier molecular flexibility index (Phi) is 8.14. The molecule has 0 spiro atoms. The molecule has 1 amide bonds. The quantitative estimate of drug-likeness (QED) is 0.373. The number of aromatic nitrogens is 2. The minimum atomic E-state index is -0.589. The van der Waals surface area contributed by atoms with Crippen molar-refractivity contribution in [3.8, 4) is 0 Å². The van der Waals surface area contributed by atoms with Crippen LogP contribution in [-0.4, -0.2) is 65.6 Å². The lowest BCUT2D eigenvalue weighted by Crippen LogP contribution is -2.46. The van der Waals surface area contributed by atoms with Crippen LogP contribution in [0.3, 0.4) is 0 Å². The molecule has 1 atom stereocenters. The molecule has 9 nitrogen and oxygen atoms in total. The number of nitrogens with zero attached hydrogens (tertiary/aromatic N) is 6. The van der Waals surface area contributed by atoms with Crippen molar-refractivity contribution in [2.24, 2.45) is 10.7 Å². The summed E-state index contributed by atoms with van der Waals surface area (Å²) in [5, 5.41) is 0. The van der Waals surface area contributed by atoms with Crippen molar-refractivity contribution < 1.29 is 9.53 Å². The van der Waals surface area contributed by atoms with E-state index < -0.39 is 11.7 Å². The molecular formula is C29H37N7O2. The van der Waals surface area contributed by atoms with E-state index in [0.717, 1.165) is 37.4 Å². The number of aliphatic imine (C=N–C) groups is 1. The van der Waals surface area contributed by atoms with Gasteiger partial charge >= 0.3 is 6.09 Å². The third-order valence-electron chi connectivity index (χ3n) is 6.56. The van der Waals surface area contributed by atoms with Crippen LogP contribution in [0.15, 0.2) is 72.1 Å². The molecule has 9 heteroatoms. The zero-order chi connectivity index (χ0) is 27.3. The number of carbonyl (C=O) groups excluding carboxylic acids is 1. The molecule has 0 radical (unpaired) electrons. The van der Waals surface area contributed by atoms with Gasteiger partial charge in [0.2, 0.25) is 0 Å². The average Bonchev–Trinajstić information content (AvgIpc) is 2.92. The van der Waals surface area contributed by atoms with Crippen LogP contribution >= 0.6 is 0 Å². The highest BCUT2D eigenvalue weighted by atomic mass is 16.6. The highest BCUT2D eigenvalue weighted by molar-refractivity contribution is 5.97. The number of hydrogen-bond donors (Lipinski definition) is 1. The second-order valence-electron chi connectivity index (χ2n) is 10.4. The minimum Gasteiger partial charge on any atom is -0.444 e. The number of rotatable bonds is 6. The number of nitrogens with two attached hydrogens (primary N) is 1. The van der Waals surface area contributed by atoms with Gasteiger partial charge in [0, 0.05) is 62.6 Å². The molecule has 4 rings (SSSR count). The summed E-state index contributed by atoms with van der Waals surface area (Å²) in [6.45, 7) is 11.1. The molecule has 2 heterocycles. The second-order valence-corrected chi connectivity index (χ2v) is 10.4. The summed E-state index contributed by atoms with van der Waals surface area (Å²) < 4.78 is 5.59. The minimum absolute atomic E-state index is 0.262. The number of para-hydroxylation sites is 1.